The highest BCUT2D eigenvalue weighted by Gasteiger charge is 2.28. The number of aromatic nitrogens is 2. The number of fused-ring (bicyclic) bond motifs is 1. The minimum absolute atomic E-state index is 0.159. The van der Waals surface area contributed by atoms with Crippen LogP contribution in [0.1, 0.15) is 41.2 Å². The lowest BCUT2D eigenvalue weighted by atomic mass is 9.92. The number of carbonyl (C=O) groups is 1. The molecule has 1 heterocycles. The molecule has 4 rings (SSSR count). The van der Waals surface area contributed by atoms with Crippen LogP contribution in [-0.2, 0) is 0 Å². The van der Waals surface area contributed by atoms with Crippen LogP contribution in [0, 0.1) is 6.92 Å². The quantitative estimate of drug-likeness (QED) is 0.604. The summed E-state index contributed by atoms with van der Waals surface area (Å²) in [5.74, 6) is -0.754. The van der Waals surface area contributed by atoms with Gasteiger partial charge in [-0.05, 0) is 50.5 Å². The molecule has 1 fully saturated rings. The molecule has 140 valence electrons. The molecule has 27 heavy (non-hydrogen) atoms. The molecule has 0 spiro atoms. The number of carboxylic acids is 1. The second kappa shape index (κ2) is 6.19. The molecular weight excluding hydrogens is 348 g/mol. The lowest BCUT2D eigenvalue weighted by molar-refractivity contribution is 0.0697. The number of nitrogens with zero attached hydrogens (tertiary/aromatic N) is 2. The molecular formula is C20H20N2O5. The summed E-state index contributed by atoms with van der Waals surface area (Å²) in [5, 5.41) is 29.7. The van der Waals surface area contributed by atoms with Gasteiger partial charge in [0.15, 0.2) is 11.5 Å². The van der Waals surface area contributed by atoms with Crippen molar-refractivity contribution in [1.29, 1.82) is 0 Å². The second-order valence-corrected chi connectivity index (χ2v) is 6.85. The Bertz CT molecular complexity index is 1070. The Labute approximate surface area is 155 Å². The Morgan fingerprint density at radius 2 is 1.96 bits per heavy atom. The molecule has 0 saturated heterocycles. The first-order valence-corrected chi connectivity index (χ1v) is 8.77. The maximum atomic E-state index is 11.4. The number of ether oxygens (including phenoxy) is 1. The third-order valence-electron chi connectivity index (χ3n) is 5.33. The summed E-state index contributed by atoms with van der Waals surface area (Å²) in [6.07, 6.45) is 3.07. The van der Waals surface area contributed by atoms with E-state index in [2.05, 4.69) is 0 Å². The van der Waals surface area contributed by atoms with E-state index in [-0.39, 0.29) is 28.9 Å². The SMILES string of the molecule is COc1cc(-c2nc3ccc(C(=O)O)cc3n2C2CCC2)c(C)c(O)c1O. The van der Waals surface area contributed by atoms with Crippen LogP contribution in [0.4, 0.5) is 0 Å². The minimum Gasteiger partial charge on any atom is -0.504 e. The molecule has 1 aliphatic carbocycles. The fourth-order valence-corrected chi connectivity index (χ4v) is 3.55. The molecule has 2 aromatic carbocycles. The van der Waals surface area contributed by atoms with Crippen LogP contribution >= 0.6 is 0 Å². The van der Waals surface area contributed by atoms with E-state index in [9.17, 15) is 20.1 Å². The van der Waals surface area contributed by atoms with Crippen molar-refractivity contribution in [3.05, 3.63) is 35.4 Å². The highest BCUT2D eigenvalue weighted by atomic mass is 16.5. The fraction of sp³-hybridized carbons (Fsp3) is 0.300. The monoisotopic (exact) mass is 368 g/mol. The highest BCUT2D eigenvalue weighted by Crippen LogP contribution is 2.45. The molecule has 0 unspecified atom stereocenters. The zero-order valence-corrected chi connectivity index (χ0v) is 15.1. The van der Waals surface area contributed by atoms with Gasteiger partial charge in [-0.2, -0.15) is 0 Å². The van der Waals surface area contributed by atoms with E-state index in [1.165, 1.54) is 13.2 Å². The molecule has 0 bridgehead atoms. The van der Waals surface area contributed by atoms with Gasteiger partial charge in [-0.25, -0.2) is 9.78 Å². The minimum atomic E-state index is -0.986. The molecule has 1 aliphatic rings. The summed E-state index contributed by atoms with van der Waals surface area (Å²) < 4.78 is 7.23. The molecule has 3 N–H and O–H groups in total. The van der Waals surface area contributed by atoms with E-state index in [1.54, 1.807) is 25.1 Å². The number of phenols is 2. The van der Waals surface area contributed by atoms with E-state index < -0.39 is 5.97 Å². The van der Waals surface area contributed by atoms with Gasteiger partial charge in [0, 0.05) is 17.2 Å². The molecule has 0 atom stereocenters. The van der Waals surface area contributed by atoms with Crippen LogP contribution in [0.3, 0.4) is 0 Å². The molecule has 7 nitrogen and oxygen atoms in total. The molecule has 3 aromatic rings. The van der Waals surface area contributed by atoms with Crippen molar-refractivity contribution in [2.75, 3.05) is 7.11 Å². The maximum absolute atomic E-state index is 11.4. The van der Waals surface area contributed by atoms with Gasteiger partial charge in [0.1, 0.15) is 5.82 Å². The number of carboxylic acid groups (broad SMARTS) is 1. The lowest BCUT2D eigenvalue weighted by Gasteiger charge is -2.29. The Morgan fingerprint density at radius 3 is 2.56 bits per heavy atom. The van der Waals surface area contributed by atoms with Crippen molar-refractivity contribution in [3.8, 4) is 28.6 Å². The van der Waals surface area contributed by atoms with E-state index in [0.29, 0.717) is 22.5 Å². The first-order valence-electron chi connectivity index (χ1n) is 8.77. The molecule has 1 saturated carbocycles. The zero-order valence-electron chi connectivity index (χ0n) is 15.1. The number of hydrogen-bond donors (Lipinski definition) is 3. The van der Waals surface area contributed by atoms with Crippen LogP contribution < -0.4 is 4.74 Å². The number of phenolic OH excluding ortho intramolecular Hbond substituents is 2. The van der Waals surface area contributed by atoms with Gasteiger partial charge >= 0.3 is 5.97 Å². The number of methoxy groups -OCH3 is 1. The van der Waals surface area contributed by atoms with Crippen LogP contribution in [0.2, 0.25) is 0 Å². The third-order valence-corrected chi connectivity index (χ3v) is 5.33. The lowest BCUT2D eigenvalue weighted by Crippen LogP contribution is -2.18. The predicted octanol–water partition coefficient (Wildman–Crippen LogP) is 3.85. The largest absolute Gasteiger partial charge is 0.504 e. The summed E-state index contributed by atoms with van der Waals surface area (Å²) in [4.78, 5) is 16.1. The van der Waals surface area contributed by atoms with Gasteiger partial charge in [-0.1, -0.05) is 0 Å². The summed E-state index contributed by atoms with van der Waals surface area (Å²) >= 11 is 0. The third kappa shape index (κ3) is 2.58. The van der Waals surface area contributed by atoms with Crippen LogP contribution in [0.5, 0.6) is 17.2 Å². The van der Waals surface area contributed by atoms with Crippen molar-refractivity contribution in [1.82, 2.24) is 9.55 Å². The van der Waals surface area contributed by atoms with E-state index >= 15 is 0 Å². The molecule has 0 aliphatic heterocycles. The number of benzene rings is 2. The molecule has 1 aromatic heterocycles. The zero-order chi connectivity index (χ0) is 19.3. The fourth-order valence-electron chi connectivity index (χ4n) is 3.55. The maximum Gasteiger partial charge on any atom is 0.335 e. The Balaban J connectivity index is 2.02. The van der Waals surface area contributed by atoms with Crippen molar-refractivity contribution in [2.24, 2.45) is 0 Å². The van der Waals surface area contributed by atoms with Gasteiger partial charge in [-0.15, -0.1) is 0 Å². The van der Waals surface area contributed by atoms with E-state index in [4.69, 9.17) is 9.72 Å². The number of hydrogen-bond acceptors (Lipinski definition) is 5. The smallest absolute Gasteiger partial charge is 0.335 e. The first-order chi connectivity index (χ1) is 12.9. The number of aromatic carboxylic acids is 1. The van der Waals surface area contributed by atoms with E-state index in [0.717, 1.165) is 24.8 Å². The van der Waals surface area contributed by atoms with Gasteiger partial charge < -0.3 is 24.6 Å². The number of aromatic hydroxyl groups is 2. The Morgan fingerprint density at radius 1 is 1.22 bits per heavy atom. The average molecular weight is 368 g/mol. The highest BCUT2D eigenvalue weighted by molar-refractivity contribution is 5.93. The summed E-state index contributed by atoms with van der Waals surface area (Å²) in [5.41, 5.74) is 2.77. The van der Waals surface area contributed by atoms with Crippen molar-refractivity contribution < 1.29 is 24.9 Å². The van der Waals surface area contributed by atoms with Gasteiger partial charge in [0.2, 0.25) is 5.75 Å². The first kappa shape index (κ1) is 17.2. The van der Waals surface area contributed by atoms with Gasteiger partial charge in [0.25, 0.3) is 0 Å². The number of imidazole rings is 1. The topological polar surface area (TPSA) is 105 Å². The van der Waals surface area contributed by atoms with Crippen LogP contribution in [0.15, 0.2) is 24.3 Å². The normalized spacial score (nSPS) is 14.3. The average Bonchev–Trinajstić information content (AvgIpc) is 2.97. The Hall–Kier alpha value is -3.22. The van der Waals surface area contributed by atoms with Gasteiger partial charge in [-0.3, -0.25) is 0 Å². The summed E-state index contributed by atoms with van der Waals surface area (Å²) in [7, 11) is 1.42. The number of rotatable bonds is 4. The van der Waals surface area contributed by atoms with Crippen molar-refractivity contribution in [2.45, 2.75) is 32.2 Å². The standard InChI is InChI=1S/C20H20N2O5/c1-10-13(9-16(27-2)18(24)17(10)23)19-21-14-7-6-11(20(25)26)8-15(14)22(19)12-4-3-5-12/h6-9,12,23-24H,3-5H2,1-2H3,(H,25,26). The van der Waals surface area contributed by atoms with Crippen LogP contribution in [0.25, 0.3) is 22.4 Å². The summed E-state index contributed by atoms with van der Waals surface area (Å²) in [6, 6.07) is 6.74. The Kier molecular flexibility index (Phi) is 3.95. The van der Waals surface area contributed by atoms with Crippen molar-refractivity contribution >= 4 is 17.0 Å². The van der Waals surface area contributed by atoms with Gasteiger partial charge in [0.05, 0.1) is 23.7 Å². The van der Waals surface area contributed by atoms with E-state index in [1.807, 2.05) is 4.57 Å². The van der Waals surface area contributed by atoms with Crippen LogP contribution in [-0.4, -0.2) is 37.9 Å². The van der Waals surface area contributed by atoms with Crippen molar-refractivity contribution in [3.63, 3.8) is 0 Å². The summed E-state index contributed by atoms with van der Waals surface area (Å²) in [6.45, 7) is 1.71. The second-order valence-electron chi connectivity index (χ2n) is 6.85. The molecule has 7 heteroatoms. The molecule has 0 amide bonds. The molecule has 0 radical (unpaired) electrons. The predicted molar refractivity (Wildman–Crippen MR) is 99.6 cm³/mol.